The predicted molar refractivity (Wildman–Crippen MR) is 74.9 cm³/mol. The molecule has 6 heteroatoms. The van der Waals surface area contributed by atoms with Crippen LogP contribution in [0.2, 0.25) is 0 Å². The van der Waals surface area contributed by atoms with E-state index in [4.69, 9.17) is 21.1 Å². The van der Waals surface area contributed by atoms with Crippen LogP contribution in [0.3, 0.4) is 0 Å². The van der Waals surface area contributed by atoms with Gasteiger partial charge in [-0.25, -0.2) is 4.98 Å². The zero-order valence-corrected chi connectivity index (χ0v) is 12.3. The summed E-state index contributed by atoms with van der Waals surface area (Å²) >= 11 is 6.21. The average molecular weight is 284 g/mol. The van der Waals surface area contributed by atoms with Gasteiger partial charge in [-0.15, -0.1) is 11.6 Å². The Labute approximate surface area is 117 Å². The van der Waals surface area contributed by atoms with Gasteiger partial charge < -0.3 is 14.0 Å². The van der Waals surface area contributed by atoms with Gasteiger partial charge in [0.05, 0.1) is 25.1 Å². The lowest BCUT2D eigenvalue weighted by molar-refractivity contribution is 0.162. The molecule has 0 aliphatic carbocycles. The summed E-state index contributed by atoms with van der Waals surface area (Å²) in [6, 6.07) is 3.79. The number of nitrogens with zero attached hydrogens (tertiary/aromatic N) is 3. The van der Waals surface area contributed by atoms with E-state index in [9.17, 15) is 0 Å². The van der Waals surface area contributed by atoms with Crippen molar-refractivity contribution in [2.24, 2.45) is 0 Å². The van der Waals surface area contributed by atoms with Crippen molar-refractivity contribution in [2.45, 2.75) is 25.3 Å². The third-order valence-electron chi connectivity index (χ3n) is 2.95. The average Bonchev–Trinajstić information content (AvgIpc) is 2.77. The SMILES string of the molecule is COCC(C)n1c(C(C)Cl)nc2ccc(OC)nc21. The zero-order valence-electron chi connectivity index (χ0n) is 11.6. The Hall–Kier alpha value is -1.33. The van der Waals surface area contributed by atoms with E-state index >= 15 is 0 Å². The normalized spacial score (nSPS) is 14.6. The first-order valence-electron chi connectivity index (χ1n) is 6.14. The van der Waals surface area contributed by atoms with E-state index in [-0.39, 0.29) is 11.4 Å². The molecule has 2 atom stereocenters. The first kappa shape index (κ1) is 14.1. The first-order chi connectivity index (χ1) is 9.08. The van der Waals surface area contributed by atoms with E-state index in [2.05, 4.69) is 16.9 Å². The standard InChI is InChI=1S/C13H18ClN3O2/c1-8(7-18-3)17-12(9(2)14)15-10-5-6-11(19-4)16-13(10)17/h5-6,8-9H,7H2,1-4H3. The second-order valence-electron chi connectivity index (χ2n) is 4.46. The summed E-state index contributed by atoms with van der Waals surface area (Å²) in [6.45, 7) is 4.52. The molecule has 0 saturated heterocycles. The summed E-state index contributed by atoms with van der Waals surface area (Å²) in [5.41, 5.74) is 1.58. The van der Waals surface area contributed by atoms with Gasteiger partial charge in [0.25, 0.3) is 0 Å². The van der Waals surface area contributed by atoms with Crippen LogP contribution in [0.1, 0.15) is 31.1 Å². The lowest BCUT2D eigenvalue weighted by Gasteiger charge is -2.17. The molecule has 2 unspecified atom stereocenters. The predicted octanol–water partition coefficient (Wildman–Crippen LogP) is 2.95. The van der Waals surface area contributed by atoms with Crippen LogP contribution in [0.4, 0.5) is 0 Å². The number of hydrogen-bond acceptors (Lipinski definition) is 4. The van der Waals surface area contributed by atoms with Crippen LogP contribution in [-0.2, 0) is 4.74 Å². The Morgan fingerprint density at radius 3 is 2.58 bits per heavy atom. The molecule has 2 aromatic heterocycles. The molecular formula is C13H18ClN3O2. The van der Waals surface area contributed by atoms with Crippen molar-refractivity contribution < 1.29 is 9.47 Å². The molecule has 0 aliphatic heterocycles. The molecule has 19 heavy (non-hydrogen) atoms. The van der Waals surface area contributed by atoms with E-state index in [0.717, 1.165) is 17.0 Å². The lowest BCUT2D eigenvalue weighted by Crippen LogP contribution is -2.15. The van der Waals surface area contributed by atoms with Gasteiger partial charge in [0.2, 0.25) is 5.88 Å². The second kappa shape index (κ2) is 5.75. The maximum Gasteiger partial charge on any atom is 0.215 e. The van der Waals surface area contributed by atoms with Crippen LogP contribution in [0, 0.1) is 0 Å². The number of fused-ring (bicyclic) bond motifs is 1. The minimum atomic E-state index is -0.195. The Kier molecular flexibility index (Phi) is 4.27. The van der Waals surface area contributed by atoms with Crippen LogP contribution >= 0.6 is 11.6 Å². The quantitative estimate of drug-likeness (QED) is 0.792. The topological polar surface area (TPSA) is 49.2 Å². The zero-order chi connectivity index (χ0) is 14.0. The summed E-state index contributed by atoms with van der Waals surface area (Å²) < 4.78 is 12.4. The van der Waals surface area contributed by atoms with Crippen molar-refractivity contribution in [1.29, 1.82) is 0 Å². The first-order valence-corrected chi connectivity index (χ1v) is 6.58. The van der Waals surface area contributed by atoms with E-state index < -0.39 is 0 Å². The number of aromatic nitrogens is 3. The number of pyridine rings is 1. The van der Waals surface area contributed by atoms with Crippen LogP contribution in [0.5, 0.6) is 5.88 Å². The van der Waals surface area contributed by atoms with Crippen molar-refractivity contribution in [2.75, 3.05) is 20.8 Å². The van der Waals surface area contributed by atoms with Crippen molar-refractivity contribution in [3.63, 3.8) is 0 Å². The van der Waals surface area contributed by atoms with E-state index in [0.29, 0.717) is 12.5 Å². The van der Waals surface area contributed by atoms with Crippen molar-refractivity contribution in [3.8, 4) is 5.88 Å². The fourth-order valence-electron chi connectivity index (χ4n) is 2.12. The van der Waals surface area contributed by atoms with E-state index in [1.54, 1.807) is 20.3 Å². The van der Waals surface area contributed by atoms with Gasteiger partial charge in [-0.2, -0.15) is 4.98 Å². The molecule has 0 amide bonds. The summed E-state index contributed by atoms with van der Waals surface area (Å²) in [6.07, 6.45) is 0. The van der Waals surface area contributed by atoms with Crippen LogP contribution in [0.15, 0.2) is 12.1 Å². The molecule has 0 aliphatic rings. The molecule has 104 valence electrons. The number of hydrogen-bond donors (Lipinski definition) is 0. The van der Waals surface area contributed by atoms with E-state index in [1.807, 2.05) is 17.6 Å². The molecule has 0 spiro atoms. The number of alkyl halides is 1. The Morgan fingerprint density at radius 2 is 2.00 bits per heavy atom. The van der Waals surface area contributed by atoms with Crippen molar-refractivity contribution in [3.05, 3.63) is 18.0 Å². The van der Waals surface area contributed by atoms with Gasteiger partial charge >= 0.3 is 0 Å². The molecule has 0 bridgehead atoms. The van der Waals surface area contributed by atoms with E-state index in [1.165, 1.54) is 0 Å². The molecule has 0 aromatic carbocycles. The molecule has 5 nitrogen and oxygen atoms in total. The van der Waals surface area contributed by atoms with Crippen LogP contribution in [-0.4, -0.2) is 35.4 Å². The molecule has 2 heterocycles. The Balaban J connectivity index is 2.63. The number of methoxy groups -OCH3 is 2. The maximum atomic E-state index is 6.21. The monoisotopic (exact) mass is 283 g/mol. The molecule has 0 saturated carbocycles. The Morgan fingerprint density at radius 1 is 1.26 bits per heavy atom. The number of halogens is 1. The molecule has 2 rings (SSSR count). The highest BCUT2D eigenvalue weighted by molar-refractivity contribution is 6.20. The minimum absolute atomic E-state index is 0.103. The number of imidazole rings is 1. The largest absolute Gasteiger partial charge is 0.481 e. The summed E-state index contributed by atoms with van der Waals surface area (Å²) in [5, 5.41) is -0.195. The number of rotatable bonds is 5. The highest BCUT2D eigenvalue weighted by Gasteiger charge is 2.20. The second-order valence-corrected chi connectivity index (χ2v) is 5.11. The molecule has 0 radical (unpaired) electrons. The highest BCUT2D eigenvalue weighted by atomic mass is 35.5. The van der Waals surface area contributed by atoms with Crippen LogP contribution in [0.25, 0.3) is 11.2 Å². The van der Waals surface area contributed by atoms with Crippen molar-refractivity contribution in [1.82, 2.24) is 14.5 Å². The van der Waals surface area contributed by atoms with Gasteiger partial charge in [0.15, 0.2) is 5.65 Å². The maximum absolute atomic E-state index is 6.21. The smallest absolute Gasteiger partial charge is 0.215 e. The summed E-state index contributed by atoms with van der Waals surface area (Å²) in [4.78, 5) is 9.01. The van der Waals surface area contributed by atoms with Gasteiger partial charge in [0, 0.05) is 13.2 Å². The third-order valence-corrected chi connectivity index (χ3v) is 3.15. The lowest BCUT2D eigenvalue weighted by atomic mass is 10.3. The fraction of sp³-hybridized carbons (Fsp3) is 0.538. The summed E-state index contributed by atoms with van der Waals surface area (Å²) in [7, 11) is 3.27. The highest BCUT2D eigenvalue weighted by Crippen LogP contribution is 2.28. The van der Waals surface area contributed by atoms with Gasteiger partial charge in [-0.1, -0.05) is 0 Å². The molecule has 2 aromatic rings. The van der Waals surface area contributed by atoms with Crippen molar-refractivity contribution >= 4 is 22.8 Å². The summed E-state index contributed by atoms with van der Waals surface area (Å²) in [5.74, 6) is 1.36. The molecule has 0 fully saturated rings. The number of ether oxygens (including phenoxy) is 2. The molecule has 0 N–H and O–H groups in total. The third kappa shape index (κ3) is 2.67. The van der Waals surface area contributed by atoms with Gasteiger partial charge in [-0.05, 0) is 19.9 Å². The Bertz CT molecular complexity index is 568. The van der Waals surface area contributed by atoms with Crippen LogP contribution < -0.4 is 4.74 Å². The molecular weight excluding hydrogens is 266 g/mol. The van der Waals surface area contributed by atoms with Gasteiger partial charge in [0.1, 0.15) is 11.3 Å². The minimum Gasteiger partial charge on any atom is -0.481 e. The van der Waals surface area contributed by atoms with Gasteiger partial charge in [-0.3, -0.25) is 0 Å². The fourth-order valence-corrected chi connectivity index (χ4v) is 2.27.